The average Bonchev–Trinajstić information content (AvgIpc) is 3.46. The molecular weight excluding hydrogens is 374 g/mol. The van der Waals surface area contributed by atoms with Crippen molar-refractivity contribution >= 4 is 6.21 Å². The molecule has 5 aliphatic carbocycles. The molecule has 2 aliphatic heterocycles. The van der Waals surface area contributed by atoms with Crippen LogP contribution in [0.4, 0.5) is 8.78 Å². The summed E-state index contributed by atoms with van der Waals surface area (Å²) in [5.41, 5.74) is 2.57. The van der Waals surface area contributed by atoms with Crippen LogP contribution in [0, 0.1) is 23.7 Å². The number of aliphatic imine (C=N–C) groups is 1. The lowest BCUT2D eigenvalue weighted by Gasteiger charge is -2.58. The molecule has 7 aliphatic rings. The number of hydrogen-bond acceptors (Lipinski definition) is 5. The highest BCUT2D eigenvalue weighted by atomic mass is 19.3. The zero-order valence-corrected chi connectivity index (χ0v) is 16.7. The summed E-state index contributed by atoms with van der Waals surface area (Å²) < 4.78 is 26.5. The Bertz CT molecular complexity index is 781. The summed E-state index contributed by atoms with van der Waals surface area (Å²) in [6.07, 6.45) is 8.89. The molecule has 7 heteroatoms. The van der Waals surface area contributed by atoms with Gasteiger partial charge in [0.05, 0.1) is 18.7 Å². The van der Waals surface area contributed by atoms with E-state index in [9.17, 15) is 13.9 Å². The van der Waals surface area contributed by atoms with Crippen molar-refractivity contribution in [2.45, 2.75) is 68.8 Å². The Kier molecular flexibility index (Phi) is 3.81. The van der Waals surface area contributed by atoms with Crippen molar-refractivity contribution in [1.29, 1.82) is 0 Å². The summed E-state index contributed by atoms with van der Waals surface area (Å²) in [6.45, 7) is 3.87. The number of hydrogen-bond donors (Lipinski definition) is 3. The molecule has 7 rings (SSSR count). The molecule has 1 saturated heterocycles. The van der Waals surface area contributed by atoms with Crippen molar-refractivity contribution in [2.75, 3.05) is 13.1 Å². The van der Waals surface area contributed by atoms with Crippen molar-refractivity contribution in [3.8, 4) is 0 Å². The first-order chi connectivity index (χ1) is 13.8. The van der Waals surface area contributed by atoms with Crippen LogP contribution in [-0.4, -0.2) is 53.2 Å². The number of likely N-dealkylation sites (tertiary alicyclic amines) is 1. The van der Waals surface area contributed by atoms with Crippen molar-refractivity contribution in [3.05, 3.63) is 23.5 Å². The fraction of sp³-hybridized carbons (Fsp3) is 0.773. The largest absolute Gasteiger partial charge is 0.390 e. The van der Waals surface area contributed by atoms with Crippen LogP contribution in [0.3, 0.4) is 0 Å². The number of nitrogens with zero attached hydrogens (tertiary/aromatic N) is 2. The Morgan fingerprint density at radius 2 is 1.90 bits per heavy atom. The molecule has 2 heterocycles. The van der Waals surface area contributed by atoms with Gasteiger partial charge in [0.1, 0.15) is 0 Å². The minimum Gasteiger partial charge on any atom is -0.390 e. The SMILES string of the molecule is C=C(NC1C2CC3CC1CC(O)(C3)C2)C1=C(C2CC2)NC(N2CC(F)(F)C2)N=C1. The van der Waals surface area contributed by atoms with E-state index < -0.39 is 17.8 Å². The number of allylic oxidation sites excluding steroid dienone is 2. The van der Waals surface area contributed by atoms with Gasteiger partial charge in [-0.15, -0.1) is 0 Å². The van der Waals surface area contributed by atoms with Crippen LogP contribution in [0.2, 0.25) is 0 Å². The van der Waals surface area contributed by atoms with Crippen LogP contribution < -0.4 is 10.6 Å². The highest BCUT2D eigenvalue weighted by Crippen LogP contribution is 2.56. The zero-order chi connectivity index (χ0) is 20.0. The van der Waals surface area contributed by atoms with E-state index in [2.05, 4.69) is 22.2 Å². The number of rotatable bonds is 5. The molecule has 0 spiro atoms. The predicted molar refractivity (Wildman–Crippen MR) is 106 cm³/mol. The summed E-state index contributed by atoms with van der Waals surface area (Å²) in [5.74, 6) is -0.428. The fourth-order valence-electron chi connectivity index (χ4n) is 6.82. The molecule has 3 N–H and O–H groups in total. The Morgan fingerprint density at radius 3 is 2.48 bits per heavy atom. The van der Waals surface area contributed by atoms with Crippen LogP contribution in [0.5, 0.6) is 0 Å². The molecule has 3 unspecified atom stereocenters. The molecule has 158 valence electrons. The standard InChI is InChI=1S/C22H30F2N4O/c1-12(26-18-15-4-13-5-16(18)8-21(29,6-13)7-15)17-9-25-20(27-19(17)14-2-3-14)28-10-22(23,24)11-28/h9,13-16,18,20,26-27,29H,1-8,10-11H2. The second-order valence-corrected chi connectivity index (χ2v) is 10.5. The highest BCUT2D eigenvalue weighted by molar-refractivity contribution is 5.86. The van der Waals surface area contributed by atoms with E-state index in [0.717, 1.165) is 49.1 Å². The first-order valence-electron chi connectivity index (χ1n) is 11.1. The average molecular weight is 405 g/mol. The molecule has 5 nitrogen and oxygen atoms in total. The zero-order valence-electron chi connectivity index (χ0n) is 16.7. The molecule has 0 aromatic heterocycles. The highest BCUT2D eigenvalue weighted by Gasteiger charge is 2.55. The van der Waals surface area contributed by atoms with Gasteiger partial charge < -0.3 is 15.7 Å². The van der Waals surface area contributed by atoms with Gasteiger partial charge >= 0.3 is 0 Å². The minimum atomic E-state index is -2.59. The third-order valence-corrected chi connectivity index (χ3v) is 8.03. The van der Waals surface area contributed by atoms with Gasteiger partial charge in [0.2, 0.25) is 0 Å². The molecule has 3 atom stereocenters. The first kappa shape index (κ1) is 18.3. The third-order valence-electron chi connectivity index (χ3n) is 8.03. The maximum atomic E-state index is 13.3. The van der Waals surface area contributed by atoms with Crippen LogP contribution in [0.25, 0.3) is 0 Å². The molecule has 4 bridgehead atoms. The molecule has 0 amide bonds. The molecule has 29 heavy (non-hydrogen) atoms. The Hall–Kier alpha value is -1.47. The molecule has 0 aromatic carbocycles. The van der Waals surface area contributed by atoms with E-state index in [0.29, 0.717) is 29.7 Å². The van der Waals surface area contributed by atoms with Gasteiger partial charge in [-0.05, 0) is 68.6 Å². The monoisotopic (exact) mass is 404 g/mol. The quantitative estimate of drug-likeness (QED) is 0.659. The smallest absolute Gasteiger partial charge is 0.273 e. The van der Waals surface area contributed by atoms with Gasteiger partial charge in [-0.1, -0.05) is 6.58 Å². The van der Waals surface area contributed by atoms with Crippen molar-refractivity contribution in [1.82, 2.24) is 15.5 Å². The Labute approximate surface area is 170 Å². The molecule has 5 saturated carbocycles. The number of aliphatic hydroxyl groups is 1. The van der Waals surface area contributed by atoms with E-state index in [-0.39, 0.29) is 13.1 Å². The van der Waals surface area contributed by atoms with E-state index >= 15 is 0 Å². The van der Waals surface area contributed by atoms with Crippen LogP contribution in [0.15, 0.2) is 28.5 Å². The number of alkyl halides is 2. The van der Waals surface area contributed by atoms with E-state index in [4.69, 9.17) is 0 Å². The fourth-order valence-corrected chi connectivity index (χ4v) is 6.82. The van der Waals surface area contributed by atoms with Crippen molar-refractivity contribution < 1.29 is 13.9 Å². The van der Waals surface area contributed by atoms with E-state index in [1.807, 2.05) is 6.21 Å². The Morgan fingerprint density at radius 1 is 1.21 bits per heavy atom. The lowest BCUT2D eigenvalue weighted by Crippen LogP contribution is -2.63. The topological polar surface area (TPSA) is 59.9 Å². The van der Waals surface area contributed by atoms with Crippen LogP contribution >= 0.6 is 0 Å². The Balaban J connectivity index is 1.17. The second kappa shape index (κ2) is 6.03. The van der Waals surface area contributed by atoms with Crippen LogP contribution in [0.1, 0.15) is 44.9 Å². The molecule has 0 aromatic rings. The van der Waals surface area contributed by atoms with Gasteiger partial charge in [0, 0.05) is 29.2 Å². The van der Waals surface area contributed by atoms with Gasteiger partial charge in [0.15, 0.2) is 6.29 Å². The third kappa shape index (κ3) is 3.12. The molecule has 0 radical (unpaired) electrons. The second-order valence-electron chi connectivity index (χ2n) is 10.5. The van der Waals surface area contributed by atoms with E-state index in [1.54, 1.807) is 4.90 Å². The molecular formula is C22H30F2N4O. The van der Waals surface area contributed by atoms with Gasteiger partial charge in [-0.3, -0.25) is 9.89 Å². The van der Waals surface area contributed by atoms with Crippen molar-refractivity contribution in [3.63, 3.8) is 0 Å². The minimum absolute atomic E-state index is 0.232. The maximum Gasteiger partial charge on any atom is 0.273 e. The number of halogens is 2. The van der Waals surface area contributed by atoms with E-state index in [1.165, 1.54) is 12.8 Å². The first-order valence-corrected chi connectivity index (χ1v) is 11.1. The van der Waals surface area contributed by atoms with Gasteiger partial charge in [-0.25, -0.2) is 8.78 Å². The predicted octanol–water partition coefficient (Wildman–Crippen LogP) is 2.60. The summed E-state index contributed by atoms with van der Waals surface area (Å²) in [6, 6.07) is 0.368. The molecule has 6 fully saturated rings. The van der Waals surface area contributed by atoms with Crippen LogP contribution in [-0.2, 0) is 0 Å². The lowest BCUT2D eigenvalue weighted by molar-refractivity contribution is -0.148. The maximum absolute atomic E-state index is 13.3. The number of nitrogens with one attached hydrogen (secondary N) is 2. The normalized spacial score (nSPS) is 45.1. The summed E-state index contributed by atoms with van der Waals surface area (Å²) in [5, 5.41) is 18.0. The summed E-state index contributed by atoms with van der Waals surface area (Å²) in [7, 11) is 0. The summed E-state index contributed by atoms with van der Waals surface area (Å²) in [4.78, 5) is 6.22. The lowest BCUT2D eigenvalue weighted by atomic mass is 9.52. The van der Waals surface area contributed by atoms with Gasteiger partial charge in [-0.2, -0.15) is 0 Å². The van der Waals surface area contributed by atoms with Crippen molar-refractivity contribution in [2.24, 2.45) is 28.7 Å². The summed E-state index contributed by atoms with van der Waals surface area (Å²) >= 11 is 0. The van der Waals surface area contributed by atoms with Gasteiger partial charge in [0.25, 0.3) is 5.92 Å².